The second-order valence-corrected chi connectivity index (χ2v) is 7.01. The number of hydrogen-bond acceptors (Lipinski definition) is 3. The average molecular weight is 332 g/mol. The molecule has 0 radical (unpaired) electrons. The molecular formula is C21H20N2O2. The molecule has 3 heterocycles. The predicted molar refractivity (Wildman–Crippen MR) is 97.3 cm³/mol. The minimum atomic E-state index is -0.453. The van der Waals surface area contributed by atoms with Gasteiger partial charge >= 0.3 is 0 Å². The number of ether oxygens (including phenoxy) is 1. The summed E-state index contributed by atoms with van der Waals surface area (Å²) < 4.78 is 6.24. The van der Waals surface area contributed by atoms with E-state index in [9.17, 15) is 4.79 Å². The number of Topliss-reactive ketones (excluding diaryl/α,β-unsaturated/α-hetero) is 1. The molecule has 1 atom stereocenters. The number of hydrogen-bond donors (Lipinski definition) is 2. The first-order valence-electron chi connectivity index (χ1n) is 8.87. The number of para-hydroxylation sites is 2. The van der Waals surface area contributed by atoms with E-state index in [1.54, 1.807) is 0 Å². The van der Waals surface area contributed by atoms with Gasteiger partial charge in [0.2, 0.25) is 5.78 Å². The molecule has 4 nitrogen and oxygen atoms in total. The van der Waals surface area contributed by atoms with Gasteiger partial charge in [-0.25, -0.2) is 0 Å². The molecule has 1 saturated heterocycles. The molecule has 2 N–H and O–H groups in total. The second kappa shape index (κ2) is 5.46. The molecule has 4 heteroatoms. The van der Waals surface area contributed by atoms with E-state index in [1.165, 1.54) is 5.56 Å². The Kier molecular flexibility index (Phi) is 3.22. The van der Waals surface area contributed by atoms with Crippen molar-refractivity contribution in [3.8, 4) is 5.75 Å². The van der Waals surface area contributed by atoms with Crippen molar-refractivity contribution in [3.05, 3.63) is 65.9 Å². The van der Waals surface area contributed by atoms with Crippen LogP contribution in [-0.2, 0) is 5.41 Å². The van der Waals surface area contributed by atoms with Crippen molar-refractivity contribution >= 4 is 16.7 Å². The van der Waals surface area contributed by atoms with Crippen LogP contribution in [0.2, 0.25) is 0 Å². The molecule has 1 spiro atoms. The summed E-state index contributed by atoms with van der Waals surface area (Å²) in [6, 6.07) is 16.1. The third-order valence-electron chi connectivity index (χ3n) is 5.76. The van der Waals surface area contributed by atoms with Gasteiger partial charge in [0.05, 0.1) is 0 Å². The Morgan fingerprint density at radius 1 is 1.04 bits per heavy atom. The molecular weight excluding hydrogens is 312 g/mol. The first-order valence-corrected chi connectivity index (χ1v) is 8.87. The summed E-state index contributed by atoms with van der Waals surface area (Å²) in [6.45, 7) is 1.82. The third-order valence-corrected chi connectivity index (χ3v) is 5.76. The van der Waals surface area contributed by atoms with Crippen LogP contribution in [0.1, 0.15) is 28.8 Å². The van der Waals surface area contributed by atoms with Gasteiger partial charge < -0.3 is 15.0 Å². The highest BCUT2D eigenvalue weighted by Crippen LogP contribution is 2.49. The molecule has 0 bridgehead atoms. The molecule has 25 heavy (non-hydrogen) atoms. The zero-order valence-corrected chi connectivity index (χ0v) is 13.9. The van der Waals surface area contributed by atoms with Gasteiger partial charge in [0.1, 0.15) is 5.75 Å². The van der Waals surface area contributed by atoms with Gasteiger partial charge in [-0.15, -0.1) is 0 Å². The van der Waals surface area contributed by atoms with Crippen LogP contribution in [0.25, 0.3) is 10.9 Å². The van der Waals surface area contributed by atoms with Crippen LogP contribution in [0, 0.1) is 0 Å². The van der Waals surface area contributed by atoms with Crippen molar-refractivity contribution in [2.45, 2.75) is 24.4 Å². The largest absolute Gasteiger partial charge is 0.481 e. The number of nitrogens with one attached hydrogen (secondary N) is 2. The number of fused-ring (bicyclic) bond motifs is 3. The summed E-state index contributed by atoms with van der Waals surface area (Å²) in [7, 11) is 0. The number of benzene rings is 2. The fourth-order valence-electron chi connectivity index (χ4n) is 4.49. The van der Waals surface area contributed by atoms with Crippen LogP contribution in [0.5, 0.6) is 5.75 Å². The number of H-pyrrole nitrogens is 1. The Bertz CT molecular complexity index is 953. The topological polar surface area (TPSA) is 54.1 Å². The van der Waals surface area contributed by atoms with Gasteiger partial charge in [-0.05, 0) is 38.1 Å². The van der Waals surface area contributed by atoms with E-state index in [-0.39, 0.29) is 11.2 Å². The summed E-state index contributed by atoms with van der Waals surface area (Å²) in [5, 5.41) is 4.39. The van der Waals surface area contributed by atoms with Crippen molar-refractivity contribution < 1.29 is 9.53 Å². The molecule has 5 rings (SSSR count). The average Bonchev–Trinajstić information content (AvgIpc) is 3.23. The Balaban J connectivity index is 1.62. The van der Waals surface area contributed by atoms with Gasteiger partial charge in [-0.3, -0.25) is 4.79 Å². The van der Waals surface area contributed by atoms with Crippen molar-refractivity contribution in [3.63, 3.8) is 0 Å². The van der Waals surface area contributed by atoms with Gasteiger partial charge in [0, 0.05) is 33.6 Å². The van der Waals surface area contributed by atoms with E-state index in [0.717, 1.165) is 48.1 Å². The lowest BCUT2D eigenvalue weighted by Gasteiger charge is -2.37. The number of piperidine rings is 1. The van der Waals surface area contributed by atoms with Crippen LogP contribution in [0.4, 0.5) is 0 Å². The number of rotatable bonds is 2. The summed E-state index contributed by atoms with van der Waals surface area (Å²) >= 11 is 0. The summed E-state index contributed by atoms with van der Waals surface area (Å²) in [4.78, 5) is 16.7. The van der Waals surface area contributed by atoms with E-state index in [4.69, 9.17) is 4.74 Å². The van der Waals surface area contributed by atoms with Gasteiger partial charge in [-0.1, -0.05) is 36.4 Å². The highest BCUT2D eigenvalue weighted by atomic mass is 16.5. The van der Waals surface area contributed by atoms with Crippen LogP contribution >= 0.6 is 0 Å². The van der Waals surface area contributed by atoms with Crippen LogP contribution in [-0.4, -0.2) is 30.0 Å². The summed E-state index contributed by atoms with van der Waals surface area (Å²) in [6.07, 6.45) is 3.21. The maximum atomic E-state index is 13.5. The van der Waals surface area contributed by atoms with Crippen LogP contribution in [0.15, 0.2) is 54.7 Å². The summed E-state index contributed by atoms with van der Waals surface area (Å²) in [5.41, 5.74) is 2.68. The molecule has 0 amide bonds. The summed E-state index contributed by atoms with van der Waals surface area (Å²) in [5.74, 6) is 0.943. The molecule has 0 saturated carbocycles. The highest BCUT2D eigenvalue weighted by Gasteiger charge is 2.52. The lowest BCUT2D eigenvalue weighted by Crippen LogP contribution is -2.50. The number of aromatic amines is 1. The van der Waals surface area contributed by atoms with Crippen molar-refractivity contribution in [1.82, 2.24) is 10.3 Å². The maximum absolute atomic E-state index is 13.5. The predicted octanol–water partition coefficient (Wildman–Crippen LogP) is 3.43. The molecule has 3 aromatic rings. The van der Waals surface area contributed by atoms with E-state index in [1.807, 2.05) is 48.7 Å². The smallest absolute Gasteiger partial charge is 0.206 e. The Hall–Kier alpha value is -2.59. The fraction of sp³-hybridized carbons (Fsp3) is 0.286. The molecule has 1 fully saturated rings. The van der Waals surface area contributed by atoms with Crippen molar-refractivity contribution in [2.75, 3.05) is 13.1 Å². The van der Waals surface area contributed by atoms with E-state index < -0.39 is 6.10 Å². The first kappa shape index (κ1) is 14.7. The van der Waals surface area contributed by atoms with Crippen LogP contribution < -0.4 is 10.1 Å². The minimum Gasteiger partial charge on any atom is -0.481 e. The van der Waals surface area contributed by atoms with Crippen molar-refractivity contribution in [2.24, 2.45) is 0 Å². The molecule has 0 aliphatic carbocycles. The Morgan fingerprint density at radius 2 is 1.80 bits per heavy atom. The second-order valence-electron chi connectivity index (χ2n) is 7.01. The zero-order valence-electron chi connectivity index (χ0n) is 13.9. The normalized spacial score (nSPS) is 21.2. The van der Waals surface area contributed by atoms with Gasteiger partial charge in [0.15, 0.2) is 6.10 Å². The molecule has 126 valence electrons. The van der Waals surface area contributed by atoms with E-state index in [0.29, 0.717) is 0 Å². The number of carbonyl (C=O) groups is 1. The Labute approximate surface area is 146 Å². The van der Waals surface area contributed by atoms with Crippen molar-refractivity contribution in [1.29, 1.82) is 0 Å². The minimum absolute atomic E-state index is 0.0792. The lowest BCUT2D eigenvalue weighted by atomic mass is 9.68. The SMILES string of the molecule is O=C(c1c[nH]c2ccccc12)[C@@H]1Oc2ccccc2C12CCNCC2. The zero-order chi connectivity index (χ0) is 16.9. The highest BCUT2D eigenvalue weighted by molar-refractivity contribution is 6.11. The fourth-order valence-corrected chi connectivity index (χ4v) is 4.49. The van der Waals surface area contributed by atoms with Crippen LogP contribution in [0.3, 0.4) is 0 Å². The molecule has 1 aromatic heterocycles. The molecule has 0 unspecified atom stereocenters. The molecule has 2 aliphatic heterocycles. The first-order chi connectivity index (χ1) is 12.3. The van der Waals surface area contributed by atoms with Gasteiger partial charge in [-0.2, -0.15) is 0 Å². The lowest BCUT2D eigenvalue weighted by molar-refractivity contribution is 0.0649. The quantitative estimate of drug-likeness (QED) is 0.707. The maximum Gasteiger partial charge on any atom is 0.206 e. The molecule has 2 aromatic carbocycles. The standard InChI is InChI=1S/C21H20N2O2/c24-19(15-13-23-17-7-3-1-5-14(15)17)20-21(9-11-22-12-10-21)16-6-2-4-8-18(16)25-20/h1-8,13,20,22-23H,9-12H2/t20-/m0/s1. The number of aromatic nitrogens is 1. The van der Waals surface area contributed by atoms with E-state index in [2.05, 4.69) is 16.4 Å². The Morgan fingerprint density at radius 3 is 2.68 bits per heavy atom. The van der Waals surface area contributed by atoms with Gasteiger partial charge in [0.25, 0.3) is 0 Å². The van der Waals surface area contributed by atoms with E-state index >= 15 is 0 Å². The molecule has 2 aliphatic rings. The third kappa shape index (κ3) is 2.07. The monoisotopic (exact) mass is 332 g/mol. The number of ketones is 1. The number of carbonyl (C=O) groups excluding carboxylic acids is 1.